The zero-order chi connectivity index (χ0) is 9.14. The third kappa shape index (κ3) is 1.73. The number of ketones is 1. The van der Waals surface area contributed by atoms with Crippen molar-refractivity contribution >= 4 is 5.78 Å². The summed E-state index contributed by atoms with van der Waals surface area (Å²) in [6, 6.07) is 7.43. The standard InChI is InChI=1S/C11H13O/c1-8(2)11(12)10-7-5-4-6-9(10)3/h4-8H,3H2,1-2H3. The molecule has 0 atom stereocenters. The summed E-state index contributed by atoms with van der Waals surface area (Å²) < 4.78 is 0. The van der Waals surface area contributed by atoms with Crippen molar-refractivity contribution in [1.29, 1.82) is 0 Å². The summed E-state index contributed by atoms with van der Waals surface area (Å²) in [5.41, 5.74) is 1.56. The predicted octanol–water partition coefficient (Wildman–Crippen LogP) is 2.71. The Balaban J connectivity index is 3.03. The van der Waals surface area contributed by atoms with Crippen LogP contribution in [0.15, 0.2) is 24.3 Å². The molecule has 0 aromatic heterocycles. The molecule has 0 aliphatic carbocycles. The summed E-state index contributed by atoms with van der Waals surface area (Å²) in [6.45, 7) is 7.60. The zero-order valence-electron chi connectivity index (χ0n) is 7.50. The first-order valence-electron chi connectivity index (χ1n) is 4.08. The lowest BCUT2D eigenvalue weighted by Crippen LogP contribution is -2.08. The fraction of sp³-hybridized carbons (Fsp3) is 0.273. The maximum absolute atomic E-state index is 11.5. The second-order valence-corrected chi connectivity index (χ2v) is 3.18. The van der Waals surface area contributed by atoms with Gasteiger partial charge in [0, 0.05) is 11.5 Å². The lowest BCUT2D eigenvalue weighted by molar-refractivity contribution is 0.0939. The van der Waals surface area contributed by atoms with Gasteiger partial charge in [0.25, 0.3) is 0 Å². The van der Waals surface area contributed by atoms with Crippen LogP contribution in [0.5, 0.6) is 0 Å². The van der Waals surface area contributed by atoms with Crippen LogP contribution in [-0.4, -0.2) is 5.78 Å². The lowest BCUT2D eigenvalue weighted by atomic mass is 9.97. The summed E-state index contributed by atoms with van der Waals surface area (Å²) in [5.74, 6) is 0.216. The van der Waals surface area contributed by atoms with Gasteiger partial charge in [0.15, 0.2) is 5.78 Å². The fourth-order valence-corrected chi connectivity index (χ4v) is 1.07. The highest BCUT2D eigenvalue weighted by atomic mass is 16.1. The van der Waals surface area contributed by atoms with Crippen LogP contribution in [0.25, 0.3) is 0 Å². The van der Waals surface area contributed by atoms with E-state index in [-0.39, 0.29) is 11.7 Å². The Morgan fingerprint density at radius 1 is 1.33 bits per heavy atom. The molecule has 1 radical (unpaired) electrons. The molecular formula is C11H13O. The summed E-state index contributed by atoms with van der Waals surface area (Å²) in [6.07, 6.45) is 0. The van der Waals surface area contributed by atoms with Gasteiger partial charge in [-0.3, -0.25) is 4.79 Å². The highest BCUT2D eigenvalue weighted by Crippen LogP contribution is 2.12. The van der Waals surface area contributed by atoms with E-state index in [9.17, 15) is 4.79 Å². The Labute approximate surface area is 73.4 Å². The molecule has 0 bridgehead atoms. The van der Waals surface area contributed by atoms with Gasteiger partial charge in [-0.25, -0.2) is 0 Å². The van der Waals surface area contributed by atoms with Crippen molar-refractivity contribution < 1.29 is 4.79 Å². The average Bonchev–Trinajstić information content (AvgIpc) is 2.04. The number of hydrogen-bond donors (Lipinski definition) is 0. The first kappa shape index (κ1) is 8.98. The third-order valence-electron chi connectivity index (χ3n) is 1.81. The van der Waals surface area contributed by atoms with Gasteiger partial charge in [-0.2, -0.15) is 0 Å². The van der Waals surface area contributed by atoms with Gasteiger partial charge >= 0.3 is 0 Å². The first-order valence-corrected chi connectivity index (χ1v) is 4.08. The molecular weight excluding hydrogens is 148 g/mol. The Morgan fingerprint density at radius 2 is 1.92 bits per heavy atom. The SMILES string of the molecule is [CH2]c1ccccc1C(=O)C(C)C. The molecule has 0 fully saturated rings. The molecule has 0 heterocycles. The predicted molar refractivity (Wildman–Crippen MR) is 50.1 cm³/mol. The van der Waals surface area contributed by atoms with Crippen LogP contribution in [0.2, 0.25) is 0 Å². The average molecular weight is 161 g/mol. The van der Waals surface area contributed by atoms with Crippen LogP contribution in [0.1, 0.15) is 29.8 Å². The molecule has 1 rings (SSSR count). The monoisotopic (exact) mass is 161 g/mol. The summed E-state index contributed by atoms with van der Waals surface area (Å²) >= 11 is 0. The van der Waals surface area contributed by atoms with Crippen LogP contribution < -0.4 is 0 Å². The molecule has 1 nitrogen and oxygen atoms in total. The maximum Gasteiger partial charge on any atom is 0.165 e. The van der Waals surface area contributed by atoms with E-state index in [0.29, 0.717) is 0 Å². The van der Waals surface area contributed by atoms with Crippen LogP contribution in [0.3, 0.4) is 0 Å². The van der Waals surface area contributed by atoms with E-state index in [0.717, 1.165) is 11.1 Å². The van der Waals surface area contributed by atoms with Gasteiger partial charge in [-0.05, 0) is 12.5 Å². The molecule has 1 heteroatoms. The third-order valence-corrected chi connectivity index (χ3v) is 1.81. The first-order chi connectivity index (χ1) is 5.63. The minimum atomic E-state index is 0.0490. The minimum absolute atomic E-state index is 0.0490. The molecule has 0 unspecified atom stereocenters. The molecule has 1 aromatic carbocycles. The van der Waals surface area contributed by atoms with Crippen molar-refractivity contribution in [2.75, 3.05) is 0 Å². The molecule has 0 saturated heterocycles. The largest absolute Gasteiger partial charge is 0.294 e. The zero-order valence-corrected chi connectivity index (χ0v) is 7.50. The maximum atomic E-state index is 11.5. The van der Waals surface area contributed by atoms with E-state index in [2.05, 4.69) is 6.92 Å². The van der Waals surface area contributed by atoms with Gasteiger partial charge in [0.05, 0.1) is 0 Å². The van der Waals surface area contributed by atoms with Crippen molar-refractivity contribution in [2.24, 2.45) is 5.92 Å². The van der Waals surface area contributed by atoms with Gasteiger partial charge in [-0.15, -0.1) is 0 Å². The smallest absolute Gasteiger partial charge is 0.165 e. The molecule has 0 aliphatic heterocycles. The van der Waals surface area contributed by atoms with Gasteiger partial charge < -0.3 is 0 Å². The molecule has 0 aliphatic rings. The van der Waals surface area contributed by atoms with E-state index in [4.69, 9.17) is 0 Å². The topological polar surface area (TPSA) is 17.1 Å². The second-order valence-electron chi connectivity index (χ2n) is 3.18. The van der Waals surface area contributed by atoms with E-state index < -0.39 is 0 Å². The summed E-state index contributed by atoms with van der Waals surface area (Å²) in [7, 11) is 0. The van der Waals surface area contributed by atoms with Crippen molar-refractivity contribution in [2.45, 2.75) is 13.8 Å². The quantitative estimate of drug-likeness (QED) is 0.609. The number of Topliss-reactive ketones (excluding diaryl/α,β-unsaturated/α-hetero) is 1. The molecule has 1 aromatic rings. The van der Waals surface area contributed by atoms with Crippen LogP contribution >= 0.6 is 0 Å². The normalized spacial score (nSPS) is 10.3. The van der Waals surface area contributed by atoms with Crippen molar-refractivity contribution in [3.8, 4) is 0 Å². The molecule has 0 amide bonds. The Hall–Kier alpha value is -1.11. The van der Waals surface area contributed by atoms with E-state index >= 15 is 0 Å². The molecule has 63 valence electrons. The lowest BCUT2D eigenvalue weighted by Gasteiger charge is -2.06. The van der Waals surface area contributed by atoms with E-state index in [1.54, 1.807) is 0 Å². The van der Waals surface area contributed by atoms with Crippen molar-refractivity contribution in [1.82, 2.24) is 0 Å². The number of carbonyl (C=O) groups is 1. The number of carbonyl (C=O) groups excluding carboxylic acids is 1. The van der Waals surface area contributed by atoms with Crippen LogP contribution in [0, 0.1) is 12.8 Å². The Bertz CT molecular complexity index is 287. The number of rotatable bonds is 2. The van der Waals surface area contributed by atoms with Crippen LogP contribution in [0.4, 0.5) is 0 Å². The van der Waals surface area contributed by atoms with Crippen LogP contribution in [-0.2, 0) is 0 Å². The summed E-state index contributed by atoms with van der Waals surface area (Å²) in [4.78, 5) is 11.5. The molecule has 0 spiro atoms. The molecule has 0 N–H and O–H groups in total. The van der Waals surface area contributed by atoms with Gasteiger partial charge in [0.1, 0.15) is 0 Å². The Morgan fingerprint density at radius 3 is 2.42 bits per heavy atom. The number of hydrogen-bond acceptors (Lipinski definition) is 1. The fourth-order valence-electron chi connectivity index (χ4n) is 1.07. The van der Waals surface area contributed by atoms with E-state index in [1.165, 1.54) is 0 Å². The number of benzene rings is 1. The molecule has 0 saturated carbocycles. The molecule has 12 heavy (non-hydrogen) atoms. The van der Waals surface area contributed by atoms with Gasteiger partial charge in [0.2, 0.25) is 0 Å². The van der Waals surface area contributed by atoms with Gasteiger partial charge in [-0.1, -0.05) is 38.1 Å². The van der Waals surface area contributed by atoms with Crippen molar-refractivity contribution in [3.05, 3.63) is 42.3 Å². The van der Waals surface area contributed by atoms with E-state index in [1.807, 2.05) is 38.1 Å². The highest BCUT2D eigenvalue weighted by Gasteiger charge is 2.11. The van der Waals surface area contributed by atoms with Crippen molar-refractivity contribution in [3.63, 3.8) is 0 Å². The second kappa shape index (κ2) is 3.53. The Kier molecular flexibility index (Phi) is 2.64. The highest BCUT2D eigenvalue weighted by molar-refractivity contribution is 5.98. The minimum Gasteiger partial charge on any atom is -0.294 e. The summed E-state index contributed by atoms with van der Waals surface area (Å²) in [5, 5.41) is 0.